The molecule has 0 saturated heterocycles. The highest BCUT2D eigenvalue weighted by Crippen LogP contribution is 2.23. The molecule has 2 aromatic rings. The van der Waals surface area contributed by atoms with E-state index in [2.05, 4.69) is 0 Å². The Kier molecular flexibility index (Phi) is 4.45. The third kappa shape index (κ3) is 3.20. The number of aliphatic carboxylic acids is 1. The summed E-state index contributed by atoms with van der Waals surface area (Å²) in [6, 6.07) is 9.66. The summed E-state index contributed by atoms with van der Waals surface area (Å²) in [6.07, 6.45) is 1.34. The topological polar surface area (TPSA) is 54.4 Å². The molecule has 0 unspecified atom stereocenters. The zero-order valence-corrected chi connectivity index (χ0v) is 10.9. The van der Waals surface area contributed by atoms with Crippen molar-refractivity contribution in [3.63, 3.8) is 0 Å². The summed E-state index contributed by atoms with van der Waals surface area (Å²) in [5.74, 6) is -1.28. The number of hydrogen-bond acceptors (Lipinski definition) is 2. The van der Waals surface area contributed by atoms with Crippen LogP contribution in [0, 0.1) is 5.82 Å². The number of hydrogen-bond donors (Lipinski definition) is 1. The minimum atomic E-state index is -0.857. The molecule has 0 aliphatic carbocycles. The van der Waals surface area contributed by atoms with Gasteiger partial charge in [-0.25, -0.2) is 4.39 Å². The molecule has 0 saturated carbocycles. The predicted octanol–water partition coefficient (Wildman–Crippen LogP) is 3.81. The average molecular weight is 274 g/mol. The van der Waals surface area contributed by atoms with E-state index in [1.54, 1.807) is 24.3 Å². The van der Waals surface area contributed by atoms with Crippen LogP contribution in [-0.4, -0.2) is 16.9 Å². The zero-order chi connectivity index (χ0) is 14.5. The van der Waals surface area contributed by atoms with Crippen LogP contribution in [-0.2, 0) is 4.79 Å². The van der Waals surface area contributed by atoms with Gasteiger partial charge in [0.05, 0.1) is 0 Å². The third-order valence-corrected chi connectivity index (χ3v) is 3.22. The number of carbonyl (C=O) groups excluding carboxylic acids is 1. The van der Waals surface area contributed by atoms with Crippen molar-refractivity contribution in [2.24, 2.45) is 0 Å². The van der Waals surface area contributed by atoms with Gasteiger partial charge in [-0.2, -0.15) is 0 Å². The van der Waals surface area contributed by atoms with E-state index < -0.39 is 5.97 Å². The van der Waals surface area contributed by atoms with Crippen molar-refractivity contribution in [1.82, 2.24) is 0 Å². The predicted molar refractivity (Wildman–Crippen MR) is 74.3 cm³/mol. The normalized spacial score (nSPS) is 10.7. The van der Waals surface area contributed by atoms with Gasteiger partial charge in [-0.15, -0.1) is 0 Å². The summed E-state index contributed by atoms with van der Waals surface area (Å²) in [7, 11) is 0. The molecule has 1 N–H and O–H groups in total. The van der Waals surface area contributed by atoms with Gasteiger partial charge >= 0.3 is 5.97 Å². The van der Waals surface area contributed by atoms with Gasteiger partial charge in [-0.3, -0.25) is 9.59 Å². The number of rotatable bonds is 6. The second kappa shape index (κ2) is 6.28. The Morgan fingerprint density at radius 2 is 1.60 bits per heavy atom. The first-order valence-electron chi connectivity index (χ1n) is 6.52. The fourth-order valence-electron chi connectivity index (χ4n) is 2.20. The lowest BCUT2D eigenvalue weighted by atomic mass is 9.98. The standard InChI is InChI=1S/C16H15FO3/c17-14-10-9-13(11-5-1-2-6-12(11)14)15(18)7-3-4-8-16(19)20/h1-2,5-6,9-10H,3-4,7-8H2,(H,19,20). The number of halogens is 1. The Balaban J connectivity index is 2.14. The van der Waals surface area contributed by atoms with E-state index in [1.165, 1.54) is 12.1 Å². The van der Waals surface area contributed by atoms with Crippen LogP contribution >= 0.6 is 0 Å². The number of unbranched alkanes of at least 4 members (excludes halogenated alkanes) is 1. The molecule has 0 radical (unpaired) electrons. The molecule has 0 aromatic heterocycles. The van der Waals surface area contributed by atoms with Crippen molar-refractivity contribution in [3.8, 4) is 0 Å². The van der Waals surface area contributed by atoms with Crippen LogP contribution in [0.2, 0.25) is 0 Å². The van der Waals surface area contributed by atoms with E-state index >= 15 is 0 Å². The lowest BCUT2D eigenvalue weighted by Crippen LogP contribution is -2.02. The first-order chi connectivity index (χ1) is 9.59. The summed E-state index contributed by atoms with van der Waals surface area (Å²) >= 11 is 0. The molecule has 20 heavy (non-hydrogen) atoms. The summed E-state index contributed by atoms with van der Waals surface area (Å²) in [5.41, 5.74) is 0.498. The number of benzene rings is 2. The molecule has 0 amide bonds. The molecule has 2 rings (SSSR count). The first-order valence-corrected chi connectivity index (χ1v) is 6.52. The van der Waals surface area contributed by atoms with E-state index in [0.29, 0.717) is 29.2 Å². The summed E-state index contributed by atoms with van der Waals surface area (Å²) in [4.78, 5) is 22.5. The van der Waals surface area contributed by atoms with Crippen LogP contribution in [0.25, 0.3) is 10.8 Å². The monoisotopic (exact) mass is 274 g/mol. The van der Waals surface area contributed by atoms with E-state index in [4.69, 9.17) is 5.11 Å². The van der Waals surface area contributed by atoms with Crippen LogP contribution < -0.4 is 0 Å². The Morgan fingerprint density at radius 3 is 2.30 bits per heavy atom. The summed E-state index contributed by atoms with van der Waals surface area (Å²) in [5, 5.41) is 9.58. The van der Waals surface area contributed by atoms with Crippen molar-refractivity contribution in [1.29, 1.82) is 0 Å². The minimum Gasteiger partial charge on any atom is -0.481 e. The van der Waals surface area contributed by atoms with Crippen LogP contribution in [0.15, 0.2) is 36.4 Å². The van der Waals surface area contributed by atoms with Crippen LogP contribution in [0.1, 0.15) is 36.0 Å². The van der Waals surface area contributed by atoms with Gasteiger partial charge in [0.15, 0.2) is 5.78 Å². The van der Waals surface area contributed by atoms with Gasteiger partial charge in [-0.1, -0.05) is 24.3 Å². The van der Waals surface area contributed by atoms with Crippen molar-refractivity contribution in [3.05, 3.63) is 47.8 Å². The van der Waals surface area contributed by atoms with Gasteiger partial charge in [0.1, 0.15) is 5.82 Å². The molecule has 0 fully saturated rings. The van der Waals surface area contributed by atoms with Gasteiger partial charge in [-0.05, 0) is 30.4 Å². The molecular weight excluding hydrogens is 259 g/mol. The Hall–Kier alpha value is -2.23. The zero-order valence-electron chi connectivity index (χ0n) is 10.9. The molecule has 0 heterocycles. The van der Waals surface area contributed by atoms with Gasteiger partial charge in [0, 0.05) is 23.8 Å². The molecule has 0 aliphatic rings. The highest BCUT2D eigenvalue weighted by atomic mass is 19.1. The smallest absolute Gasteiger partial charge is 0.303 e. The number of carbonyl (C=O) groups is 2. The molecular formula is C16H15FO3. The quantitative estimate of drug-likeness (QED) is 0.643. The molecule has 0 bridgehead atoms. The minimum absolute atomic E-state index is 0.0669. The SMILES string of the molecule is O=C(O)CCCCC(=O)c1ccc(F)c2ccccc12. The number of Topliss-reactive ketones (excluding diaryl/α,β-unsaturated/α-hetero) is 1. The molecule has 0 spiro atoms. The molecule has 4 heteroatoms. The van der Waals surface area contributed by atoms with Crippen molar-refractivity contribution in [2.45, 2.75) is 25.7 Å². The maximum absolute atomic E-state index is 13.6. The van der Waals surface area contributed by atoms with Crippen LogP contribution in [0.5, 0.6) is 0 Å². The Morgan fingerprint density at radius 1 is 0.950 bits per heavy atom. The highest BCUT2D eigenvalue weighted by Gasteiger charge is 2.12. The fraction of sp³-hybridized carbons (Fsp3) is 0.250. The van der Waals surface area contributed by atoms with E-state index in [1.807, 2.05) is 0 Å². The maximum atomic E-state index is 13.6. The molecule has 104 valence electrons. The van der Waals surface area contributed by atoms with Crippen molar-refractivity contribution >= 4 is 22.5 Å². The lowest BCUT2D eigenvalue weighted by molar-refractivity contribution is -0.137. The number of ketones is 1. The molecule has 2 aromatic carbocycles. The second-order valence-corrected chi connectivity index (χ2v) is 4.66. The van der Waals surface area contributed by atoms with E-state index in [9.17, 15) is 14.0 Å². The van der Waals surface area contributed by atoms with Crippen molar-refractivity contribution in [2.75, 3.05) is 0 Å². The lowest BCUT2D eigenvalue weighted by Gasteiger charge is -2.06. The van der Waals surface area contributed by atoms with Gasteiger partial charge in [0.2, 0.25) is 0 Å². The molecule has 3 nitrogen and oxygen atoms in total. The number of carboxylic acid groups (broad SMARTS) is 1. The average Bonchev–Trinajstić information content (AvgIpc) is 2.44. The van der Waals surface area contributed by atoms with E-state index in [-0.39, 0.29) is 24.4 Å². The Labute approximate surface area is 116 Å². The maximum Gasteiger partial charge on any atom is 0.303 e. The summed E-state index contributed by atoms with van der Waals surface area (Å²) in [6.45, 7) is 0. The van der Waals surface area contributed by atoms with Crippen LogP contribution in [0.3, 0.4) is 0 Å². The van der Waals surface area contributed by atoms with Gasteiger partial charge in [0.25, 0.3) is 0 Å². The molecule has 0 atom stereocenters. The van der Waals surface area contributed by atoms with E-state index in [0.717, 1.165) is 0 Å². The number of carboxylic acids is 1. The third-order valence-electron chi connectivity index (χ3n) is 3.22. The molecule has 0 aliphatic heterocycles. The second-order valence-electron chi connectivity index (χ2n) is 4.66. The highest BCUT2D eigenvalue weighted by molar-refractivity contribution is 6.08. The number of fused-ring (bicyclic) bond motifs is 1. The van der Waals surface area contributed by atoms with Crippen molar-refractivity contribution < 1.29 is 19.1 Å². The largest absolute Gasteiger partial charge is 0.481 e. The fourth-order valence-corrected chi connectivity index (χ4v) is 2.20. The van der Waals surface area contributed by atoms with Gasteiger partial charge < -0.3 is 5.11 Å². The van der Waals surface area contributed by atoms with Crippen LogP contribution in [0.4, 0.5) is 4.39 Å². The first kappa shape index (κ1) is 14.2. The Bertz CT molecular complexity index is 649. The summed E-state index contributed by atoms with van der Waals surface area (Å²) < 4.78 is 13.6.